The molecule has 29 heavy (non-hydrogen) atoms. The molecule has 2 heterocycles. The third-order valence-electron chi connectivity index (χ3n) is 5.40. The van der Waals surface area contributed by atoms with E-state index in [1.807, 2.05) is 36.4 Å². The molecule has 1 saturated heterocycles. The zero-order valence-corrected chi connectivity index (χ0v) is 16.7. The maximum absolute atomic E-state index is 13.9. The predicted molar refractivity (Wildman–Crippen MR) is 108 cm³/mol. The lowest BCUT2D eigenvalue weighted by Crippen LogP contribution is -2.46. The molecule has 4 rings (SSSR count). The highest BCUT2D eigenvalue weighted by molar-refractivity contribution is 5.51. The van der Waals surface area contributed by atoms with Crippen molar-refractivity contribution in [2.75, 3.05) is 33.3 Å². The molecule has 0 saturated carbocycles. The molecule has 6 nitrogen and oxygen atoms in total. The Morgan fingerprint density at radius 3 is 2.52 bits per heavy atom. The Balaban J connectivity index is 1.33. The summed E-state index contributed by atoms with van der Waals surface area (Å²) >= 11 is 0. The van der Waals surface area contributed by atoms with Crippen LogP contribution in [0.15, 0.2) is 52.9 Å². The molecule has 3 aromatic rings. The van der Waals surface area contributed by atoms with Gasteiger partial charge in [-0.25, -0.2) is 4.39 Å². The zero-order valence-electron chi connectivity index (χ0n) is 16.7. The molecule has 1 fully saturated rings. The summed E-state index contributed by atoms with van der Waals surface area (Å²) in [6, 6.07) is 15.0. The minimum absolute atomic E-state index is 0.0561. The van der Waals surface area contributed by atoms with E-state index in [4.69, 9.17) is 9.15 Å². The highest BCUT2D eigenvalue weighted by Gasteiger charge is 2.26. The molecule has 0 spiro atoms. The summed E-state index contributed by atoms with van der Waals surface area (Å²) in [5, 5.41) is 8.45. The number of rotatable bonds is 6. The summed E-state index contributed by atoms with van der Waals surface area (Å²) in [7, 11) is 1.48. The standard InChI is InChI=1S/C22H25FN4O2/c1-16(21-24-25-22(29-21)18-6-4-3-5-7-18)27-12-10-26(11-13-27)15-17-8-9-20(28-2)19(23)14-17/h3-9,14,16H,10-13,15H2,1-2H3/t16-/m0/s1. The second-order valence-electron chi connectivity index (χ2n) is 7.27. The molecule has 1 atom stereocenters. The van der Waals surface area contributed by atoms with Crippen molar-refractivity contribution in [1.82, 2.24) is 20.0 Å². The number of piperazine rings is 1. The summed E-state index contributed by atoms with van der Waals surface area (Å²) in [4.78, 5) is 4.67. The molecule has 0 amide bonds. The Hall–Kier alpha value is -2.77. The highest BCUT2D eigenvalue weighted by atomic mass is 19.1. The van der Waals surface area contributed by atoms with Gasteiger partial charge in [-0.15, -0.1) is 10.2 Å². The average molecular weight is 396 g/mol. The number of aromatic nitrogens is 2. The fourth-order valence-electron chi connectivity index (χ4n) is 3.63. The summed E-state index contributed by atoms with van der Waals surface area (Å²) < 4.78 is 24.8. The maximum Gasteiger partial charge on any atom is 0.247 e. The van der Waals surface area contributed by atoms with Crippen LogP contribution in [-0.2, 0) is 6.54 Å². The largest absolute Gasteiger partial charge is 0.494 e. The van der Waals surface area contributed by atoms with E-state index in [1.165, 1.54) is 7.11 Å². The summed E-state index contributed by atoms with van der Waals surface area (Å²) in [6.45, 7) is 6.40. The lowest BCUT2D eigenvalue weighted by Gasteiger charge is -2.36. The van der Waals surface area contributed by atoms with Gasteiger partial charge >= 0.3 is 0 Å². The lowest BCUT2D eigenvalue weighted by atomic mass is 10.1. The van der Waals surface area contributed by atoms with Crippen LogP contribution in [0.25, 0.3) is 11.5 Å². The van der Waals surface area contributed by atoms with Crippen molar-refractivity contribution in [2.24, 2.45) is 0 Å². The first-order valence-electron chi connectivity index (χ1n) is 9.81. The molecule has 7 heteroatoms. The number of methoxy groups -OCH3 is 1. The molecule has 1 aromatic heterocycles. The Labute approximate surface area is 169 Å². The predicted octanol–water partition coefficient (Wildman–Crippen LogP) is 3.76. The van der Waals surface area contributed by atoms with Crippen molar-refractivity contribution in [3.05, 3.63) is 65.8 Å². The summed E-state index contributed by atoms with van der Waals surface area (Å²) in [5.74, 6) is 1.15. The Bertz CT molecular complexity index is 939. The van der Waals surface area contributed by atoms with Gasteiger partial charge in [0.2, 0.25) is 11.8 Å². The van der Waals surface area contributed by atoms with E-state index in [1.54, 1.807) is 12.1 Å². The molecule has 0 N–H and O–H groups in total. The van der Waals surface area contributed by atoms with Crippen molar-refractivity contribution in [2.45, 2.75) is 19.5 Å². The van der Waals surface area contributed by atoms with Gasteiger partial charge in [-0.2, -0.15) is 0 Å². The number of benzene rings is 2. The van der Waals surface area contributed by atoms with Crippen LogP contribution in [0.2, 0.25) is 0 Å². The van der Waals surface area contributed by atoms with Crippen LogP contribution < -0.4 is 4.74 Å². The van der Waals surface area contributed by atoms with Gasteiger partial charge in [-0.3, -0.25) is 9.80 Å². The molecular weight excluding hydrogens is 371 g/mol. The molecule has 2 aromatic carbocycles. The second-order valence-corrected chi connectivity index (χ2v) is 7.27. The SMILES string of the molecule is COc1ccc(CN2CCN([C@@H](C)c3nnc(-c4ccccc4)o3)CC2)cc1F. The van der Waals surface area contributed by atoms with E-state index in [9.17, 15) is 4.39 Å². The Kier molecular flexibility index (Phi) is 5.87. The minimum Gasteiger partial charge on any atom is -0.494 e. The van der Waals surface area contributed by atoms with Crippen molar-refractivity contribution >= 4 is 0 Å². The highest BCUT2D eigenvalue weighted by Crippen LogP contribution is 2.25. The monoisotopic (exact) mass is 396 g/mol. The van der Waals surface area contributed by atoms with Gasteiger partial charge in [0.05, 0.1) is 13.2 Å². The molecule has 152 valence electrons. The molecule has 0 aliphatic carbocycles. The second kappa shape index (κ2) is 8.71. The first kappa shape index (κ1) is 19.5. The number of ether oxygens (including phenoxy) is 1. The van der Waals surface area contributed by atoms with Gasteiger partial charge in [0.1, 0.15) is 0 Å². The van der Waals surface area contributed by atoms with Crippen molar-refractivity contribution in [3.63, 3.8) is 0 Å². The number of halogens is 1. The van der Waals surface area contributed by atoms with Crippen LogP contribution in [0.1, 0.15) is 24.4 Å². The first-order chi connectivity index (χ1) is 14.1. The molecular formula is C22H25FN4O2. The quantitative estimate of drug-likeness (QED) is 0.632. The van der Waals surface area contributed by atoms with Gasteiger partial charge < -0.3 is 9.15 Å². The van der Waals surface area contributed by atoms with Gasteiger partial charge in [-0.05, 0) is 36.8 Å². The van der Waals surface area contributed by atoms with Crippen LogP contribution in [-0.4, -0.2) is 53.3 Å². The Morgan fingerprint density at radius 1 is 1.07 bits per heavy atom. The van der Waals surface area contributed by atoms with E-state index in [-0.39, 0.29) is 17.6 Å². The maximum atomic E-state index is 13.9. The topological polar surface area (TPSA) is 54.6 Å². The van der Waals surface area contributed by atoms with Crippen molar-refractivity contribution in [3.8, 4) is 17.2 Å². The van der Waals surface area contributed by atoms with Crippen LogP contribution >= 0.6 is 0 Å². The first-order valence-corrected chi connectivity index (χ1v) is 9.81. The molecule has 0 bridgehead atoms. The third-order valence-corrected chi connectivity index (χ3v) is 5.40. The van der Waals surface area contributed by atoms with Crippen LogP contribution in [0.4, 0.5) is 4.39 Å². The average Bonchev–Trinajstić information content (AvgIpc) is 3.25. The number of hydrogen-bond acceptors (Lipinski definition) is 6. The smallest absolute Gasteiger partial charge is 0.247 e. The van der Waals surface area contributed by atoms with Gasteiger partial charge in [0.25, 0.3) is 0 Å². The van der Waals surface area contributed by atoms with E-state index < -0.39 is 0 Å². The van der Waals surface area contributed by atoms with Crippen LogP contribution in [0, 0.1) is 5.82 Å². The van der Waals surface area contributed by atoms with E-state index in [0.29, 0.717) is 11.8 Å². The fraction of sp³-hybridized carbons (Fsp3) is 0.364. The zero-order chi connectivity index (χ0) is 20.2. The van der Waals surface area contributed by atoms with Crippen LogP contribution in [0.3, 0.4) is 0 Å². The van der Waals surface area contributed by atoms with Gasteiger partial charge in [0.15, 0.2) is 11.6 Å². The molecule has 1 aliphatic rings. The third kappa shape index (κ3) is 4.46. The molecule has 1 aliphatic heterocycles. The molecule has 0 unspecified atom stereocenters. The van der Waals surface area contributed by atoms with Crippen molar-refractivity contribution in [1.29, 1.82) is 0 Å². The van der Waals surface area contributed by atoms with E-state index in [0.717, 1.165) is 43.9 Å². The van der Waals surface area contributed by atoms with E-state index in [2.05, 4.69) is 26.9 Å². The lowest BCUT2D eigenvalue weighted by molar-refractivity contribution is 0.0875. The number of nitrogens with zero attached hydrogens (tertiary/aromatic N) is 4. The van der Waals surface area contributed by atoms with Crippen LogP contribution in [0.5, 0.6) is 5.75 Å². The molecule has 0 radical (unpaired) electrons. The fourth-order valence-corrected chi connectivity index (χ4v) is 3.63. The summed E-state index contributed by atoms with van der Waals surface area (Å²) in [5.41, 5.74) is 1.88. The van der Waals surface area contributed by atoms with E-state index >= 15 is 0 Å². The van der Waals surface area contributed by atoms with Gasteiger partial charge in [0, 0.05) is 38.3 Å². The summed E-state index contributed by atoms with van der Waals surface area (Å²) in [6.07, 6.45) is 0. The minimum atomic E-state index is -0.317. The van der Waals surface area contributed by atoms with Crippen molar-refractivity contribution < 1.29 is 13.5 Å². The van der Waals surface area contributed by atoms with Gasteiger partial charge in [-0.1, -0.05) is 24.3 Å². The Morgan fingerprint density at radius 2 is 1.83 bits per heavy atom. The normalized spacial score (nSPS) is 16.7. The number of hydrogen-bond donors (Lipinski definition) is 0.